The van der Waals surface area contributed by atoms with Crippen LogP contribution in [0.1, 0.15) is 194 Å². The van der Waals surface area contributed by atoms with Gasteiger partial charge in [0.2, 0.25) is 0 Å². The van der Waals surface area contributed by atoms with Crippen LogP contribution in [-0.2, 0) is 9.53 Å². The number of esters is 1. The first-order valence-electron chi connectivity index (χ1n) is 20.0. The highest BCUT2D eigenvalue weighted by molar-refractivity contribution is 5.69. The first kappa shape index (κ1) is 44.4. The van der Waals surface area contributed by atoms with Gasteiger partial charge in [-0.15, -0.1) is 0 Å². The maximum Gasteiger partial charge on any atom is 0.306 e. The van der Waals surface area contributed by atoms with Crippen LogP contribution < -0.4 is 0 Å². The second-order valence-electron chi connectivity index (χ2n) is 13.7. The Morgan fingerprint density at radius 2 is 0.935 bits per heavy atom. The third-order valence-corrected chi connectivity index (χ3v) is 8.75. The molecule has 0 saturated heterocycles. The summed E-state index contributed by atoms with van der Waals surface area (Å²) in [6.07, 6.45) is 52.8. The molecule has 0 N–H and O–H groups in total. The lowest BCUT2D eigenvalue weighted by atomic mass is 10.0. The van der Waals surface area contributed by atoms with Crippen LogP contribution in [0.4, 0.5) is 0 Å². The van der Waals surface area contributed by atoms with E-state index in [2.05, 4.69) is 81.5 Å². The summed E-state index contributed by atoms with van der Waals surface area (Å²) < 4.78 is 6.00. The maximum absolute atomic E-state index is 12.5. The van der Waals surface area contributed by atoms with E-state index in [1.165, 1.54) is 135 Å². The molecule has 0 aliphatic carbocycles. The molecule has 1 atom stereocenters. The molecule has 0 amide bonds. The van der Waals surface area contributed by atoms with Crippen molar-refractivity contribution in [3.05, 3.63) is 48.6 Å². The van der Waals surface area contributed by atoms with Crippen LogP contribution in [0.25, 0.3) is 0 Å². The molecular weight excluding hydrogens is 562 g/mol. The monoisotopic (exact) mass is 642 g/mol. The van der Waals surface area contributed by atoms with Gasteiger partial charge >= 0.3 is 5.97 Å². The van der Waals surface area contributed by atoms with E-state index in [4.69, 9.17) is 4.74 Å². The van der Waals surface area contributed by atoms with Crippen molar-refractivity contribution in [2.24, 2.45) is 0 Å². The number of rotatable bonds is 35. The fourth-order valence-electron chi connectivity index (χ4n) is 5.83. The van der Waals surface area contributed by atoms with Crippen LogP contribution in [0.5, 0.6) is 0 Å². The standard InChI is InChI=1S/C43H79NO2/c1-5-7-9-11-13-15-17-19-21-23-25-27-29-31-33-35-38-42(46-43(45)40-37-41-44(3)4)39-36-34-32-30-28-26-24-22-20-18-16-14-12-10-8-6-2/h7,9,13,15,19-22,42H,5-6,8,10-12,14,16-18,23-41H2,1-4H3/b9-7?,15-13-,21-19-,22-20-. The van der Waals surface area contributed by atoms with Gasteiger partial charge < -0.3 is 9.64 Å². The van der Waals surface area contributed by atoms with Crippen LogP contribution in [0.2, 0.25) is 0 Å². The molecule has 0 heterocycles. The summed E-state index contributed by atoms with van der Waals surface area (Å²) in [7, 11) is 4.12. The predicted molar refractivity (Wildman–Crippen MR) is 206 cm³/mol. The molecule has 0 aliphatic heterocycles. The highest BCUT2D eigenvalue weighted by Crippen LogP contribution is 2.18. The first-order chi connectivity index (χ1) is 22.6. The van der Waals surface area contributed by atoms with Crippen molar-refractivity contribution >= 4 is 5.97 Å². The Hall–Kier alpha value is -1.61. The summed E-state index contributed by atoms with van der Waals surface area (Å²) in [5, 5.41) is 0. The second kappa shape index (κ2) is 37.8. The van der Waals surface area contributed by atoms with Crippen molar-refractivity contribution in [3.63, 3.8) is 0 Å². The molecule has 1 unspecified atom stereocenters. The molecule has 0 spiro atoms. The van der Waals surface area contributed by atoms with Gasteiger partial charge in [0.05, 0.1) is 0 Å². The van der Waals surface area contributed by atoms with Gasteiger partial charge in [0.15, 0.2) is 0 Å². The van der Waals surface area contributed by atoms with Crippen molar-refractivity contribution in [1.29, 1.82) is 0 Å². The van der Waals surface area contributed by atoms with Gasteiger partial charge in [-0.25, -0.2) is 0 Å². The fraction of sp³-hybridized carbons (Fsp3) is 0.791. The molecule has 0 fully saturated rings. The average Bonchev–Trinajstić information content (AvgIpc) is 3.04. The number of hydrogen-bond acceptors (Lipinski definition) is 3. The van der Waals surface area contributed by atoms with E-state index in [9.17, 15) is 4.79 Å². The summed E-state index contributed by atoms with van der Waals surface area (Å²) in [6.45, 7) is 5.40. The third kappa shape index (κ3) is 36.9. The van der Waals surface area contributed by atoms with Crippen molar-refractivity contribution in [2.75, 3.05) is 20.6 Å². The minimum absolute atomic E-state index is 0.00766. The lowest BCUT2D eigenvalue weighted by Crippen LogP contribution is -2.20. The lowest BCUT2D eigenvalue weighted by Gasteiger charge is -2.18. The van der Waals surface area contributed by atoms with Crippen molar-refractivity contribution < 1.29 is 9.53 Å². The quantitative estimate of drug-likeness (QED) is 0.0392. The Bertz CT molecular complexity index is 735. The van der Waals surface area contributed by atoms with Gasteiger partial charge in [-0.3, -0.25) is 4.79 Å². The van der Waals surface area contributed by atoms with E-state index in [0.717, 1.165) is 45.1 Å². The van der Waals surface area contributed by atoms with E-state index in [1.54, 1.807) is 0 Å². The topological polar surface area (TPSA) is 29.5 Å². The summed E-state index contributed by atoms with van der Waals surface area (Å²) in [4.78, 5) is 14.7. The summed E-state index contributed by atoms with van der Waals surface area (Å²) in [6, 6.07) is 0. The molecule has 0 aromatic carbocycles. The van der Waals surface area contributed by atoms with Crippen LogP contribution in [0.3, 0.4) is 0 Å². The number of nitrogens with zero attached hydrogens (tertiary/aromatic N) is 1. The highest BCUT2D eigenvalue weighted by Gasteiger charge is 2.14. The second-order valence-corrected chi connectivity index (χ2v) is 13.7. The van der Waals surface area contributed by atoms with Crippen molar-refractivity contribution in [2.45, 2.75) is 200 Å². The molecule has 0 saturated carbocycles. The van der Waals surface area contributed by atoms with Crippen molar-refractivity contribution in [3.8, 4) is 0 Å². The molecule has 0 aromatic rings. The third-order valence-electron chi connectivity index (χ3n) is 8.75. The molecule has 3 nitrogen and oxygen atoms in total. The molecule has 0 bridgehead atoms. The van der Waals surface area contributed by atoms with Crippen LogP contribution >= 0.6 is 0 Å². The zero-order chi connectivity index (χ0) is 33.6. The summed E-state index contributed by atoms with van der Waals surface area (Å²) in [5.74, 6) is 0.00766. The minimum atomic E-state index is 0.00766. The van der Waals surface area contributed by atoms with Crippen LogP contribution in [0.15, 0.2) is 48.6 Å². The van der Waals surface area contributed by atoms with Gasteiger partial charge in [0.1, 0.15) is 6.10 Å². The SMILES string of the molecule is CCC=CC/C=C\C/C=C\CCCCCCCCC(CCCCCCCC/C=C\CCCCCCCC)OC(=O)CCCN(C)C. The molecule has 0 aliphatic rings. The number of ether oxygens (including phenoxy) is 1. The van der Waals surface area contributed by atoms with Gasteiger partial charge in [0.25, 0.3) is 0 Å². The smallest absolute Gasteiger partial charge is 0.306 e. The normalized spacial score (nSPS) is 13.0. The van der Waals surface area contributed by atoms with E-state index >= 15 is 0 Å². The number of carbonyl (C=O) groups excluding carboxylic acids is 1. The number of allylic oxidation sites excluding steroid dienone is 8. The largest absolute Gasteiger partial charge is 0.462 e. The molecular formula is C43H79NO2. The van der Waals surface area contributed by atoms with Crippen LogP contribution in [-0.4, -0.2) is 37.6 Å². The maximum atomic E-state index is 12.5. The Kier molecular flexibility index (Phi) is 36.5. The molecule has 0 rings (SSSR count). The van der Waals surface area contributed by atoms with Gasteiger partial charge in [-0.2, -0.15) is 0 Å². The number of unbranched alkanes of at least 4 members (excludes halogenated alkanes) is 18. The summed E-state index contributed by atoms with van der Waals surface area (Å²) in [5.41, 5.74) is 0. The zero-order valence-corrected chi connectivity index (χ0v) is 31.5. The van der Waals surface area contributed by atoms with E-state index in [1.807, 2.05) is 0 Å². The molecule has 268 valence electrons. The Labute approximate surface area is 288 Å². The van der Waals surface area contributed by atoms with Crippen molar-refractivity contribution in [1.82, 2.24) is 4.90 Å². The minimum Gasteiger partial charge on any atom is -0.462 e. The summed E-state index contributed by atoms with van der Waals surface area (Å²) >= 11 is 0. The molecule has 0 aromatic heterocycles. The highest BCUT2D eigenvalue weighted by atomic mass is 16.5. The Balaban J connectivity index is 4.00. The predicted octanol–water partition coefficient (Wildman–Crippen LogP) is 13.6. The Morgan fingerprint density at radius 3 is 1.41 bits per heavy atom. The molecule has 46 heavy (non-hydrogen) atoms. The first-order valence-corrected chi connectivity index (χ1v) is 20.0. The van der Waals surface area contributed by atoms with Gasteiger partial charge in [0, 0.05) is 6.42 Å². The molecule has 0 radical (unpaired) electrons. The number of carbonyl (C=O) groups is 1. The fourth-order valence-corrected chi connectivity index (χ4v) is 5.83. The van der Waals surface area contributed by atoms with Gasteiger partial charge in [-0.1, -0.05) is 146 Å². The van der Waals surface area contributed by atoms with Crippen LogP contribution in [0, 0.1) is 0 Å². The zero-order valence-electron chi connectivity index (χ0n) is 31.5. The van der Waals surface area contributed by atoms with E-state index in [-0.39, 0.29) is 12.1 Å². The van der Waals surface area contributed by atoms with E-state index in [0.29, 0.717) is 6.42 Å². The average molecular weight is 642 g/mol. The van der Waals surface area contributed by atoms with E-state index < -0.39 is 0 Å². The molecule has 3 heteroatoms. The lowest BCUT2D eigenvalue weighted by molar-refractivity contribution is -0.150. The number of hydrogen-bond donors (Lipinski definition) is 0. The van der Waals surface area contributed by atoms with Gasteiger partial charge in [-0.05, 0) is 111 Å². The Morgan fingerprint density at radius 1 is 0.522 bits per heavy atom.